The molecule has 0 aliphatic carbocycles. The van der Waals surface area contributed by atoms with Crippen molar-refractivity contribution >= 4 is 11.8 Å². The largest absolute Gasteiger partial charge is 0.347 e. The highest BCUT2D eigenvalue weighted by Gasteiger charge is 2.30. The van der Waals surface area contributed by atoms with Crippen LogP contribution in [0, 0.1) is 5.92 Å². The molecule has 1 aromatic heterocycles. The van der Waals surface area contributed by atoms with Crippen molar-refractivity contribution in [3.05, 3.63) is 18.0 Å². The summed E-state index contributed by atoms with van der Waals surface area (Å²) in [5.41, 5.74) is 0.465. The van der Waals surface area contributed by atoms with E-state index in [1.165, 1.54) is 0 Å². The van der Waals surface area contributed by atoms with E-state index in [1.54, 1.807) is 24.0 Å². The summed E-state index contributed by atoms with van der Waals surface area (Å²) in [5, 5.41) is 7.23. The number of hydrogen-bond acceptors (Lipinski definition) is 4. The lowest BCUT2D eigenvalue weighted by Gasteiger charge is -2.34. The molecule has 126 valence electrons. The molecule has 0 radical (unpaired) electrons. The number of nitrogens with zero attached hydrogens (tertiary/aromatic N) is 4. The molecule has 1 aromatic rings. The molecule has 2 aliphatic rings. The van der Waals surface area contributed by atoms with Crippen LogP contribution in [0.2, 0.25) is 0 Å². The fraction of sp³-hybridized carbons (Fsp3) is 0.688. The van der Waals surface area contributed by atoms with Crippen molar-refractivity contribution in [2.45, 2.75) is 25.3 Å². The van der Waals surface area contributed by atoms with Crippen molar-refractivity contribution in [1.82, 2.24) is 24.9 Å². The van der Waals surface area contributed by atoms with Gasteiger partial charge in [-0.3, -0.25) is 14.3 Å². The van der Waals surface area contributed by atoms with Gasteiger partial charge in [0.1, 0.15) is 5.69 Å². The van der Waals surface area contributed by atoms with Gasteiger partial charge in [-0.1, -0.05) is 0 Å². The highest BCUT2D eigenvalue weighted by molar-refractivity contribution is 5.92. The predicted octanol–water partition coefficient (Wildman–Crippen LogP) is 0.0926. The summed E-state index contributed by atoms with van der Waals surface area (Å²) in [4.78, 5) is 28.0. The molecule has 23 heavy (non-hydrogen) atoms. The highest BCUT2D eigenvalue weighted by Crippen LogP contribution is 2.19. The summed E-state index contributed by atoms with van der Waals surface area (Å²) in [7, 11) is 3.67. The Morgan fingerprint density at radius 1 is 1.39 bits per heavy atom. The van der Waals surface area contributed by atoms with Gasteiger partial charge in [0.25, 0.3) is 5.91 Å². The molecule has 3 heterocycles. The lowest BCUT2D eigenvalue weighted by atomic mass is 10.0. The summed E-state index contributed by atoms with van der Waals surface area (Å²) >= 11 is 0. The third-order valence-electron chi connectivity index (χ3n) is 4.72. The first-order valence-electron chi connectivity index (χ1n) is 8.28. The highest BCUT2D eigenvalue weighted by atomic mass is 16.2. The van der Waals surface area contributed by atoms with E-state index in [-0.39, 0.29) is 17.9 Å². The maximum atomic E-state index is 12.2. The first-order valence-corrected chi connectivity index (χ1v) is 8.28. The van der Waals surface area contributed by atoms with Crippen LogP contribution in [0.5, 0.6) is 0 Å². The third-order valence-corrected chi connectivity index (χ3v) is 4.72. The van der Waals surface area contributed by atoms with Crippen LogP contribution in [0.15, 0.2) is 12.3 Å². The number of carbonyl (C=O) groups excluding carboxylic acids is 2. The summed E-state index contributed by atoms with van der Waals surface area (Å²) in [5.74, 6) is 0.554. The van der Waals surface area contributed by atoms with E-state index in [2.05, 4.69) is 15.3 Å². The molecule has 0 saturated carbocycles. The predicted molar refractivity (Wildman–Crippen MR) is 85.9 cm³/mol. The average Bonchev–Trinajstić information content (AvgIpc) is 3.06. The van der Waals surface area contributed by atoms with Crippen molar-refractivity contribution in [3.8, 4) is 0 Å². The molecule has 2 amide bonds. The quantitative estimate of drug-likeness (QED) is 0.854. The zero-order valence-corrected chi connectivity index (χ0v) is 13.9. The topological polar surface area (TPSA) is 70.5 Å². The zero-order valence-electron chi connectivity index (χ0n) is 13.9. The van der Waals surface area contributed by atoms with Crippen LogP contribution in [0.25, 0.3) is 0 Å². The number of likely N-dealkylation sites (tertiary alicyclic amines) is 2. The maximum absolute atomic E-state index is 12.2. The Morgan fingerprint density at radius 2 is 2.22 bits per heavy atom. The van der Waals surface area contributed by atoms with E-state index in [0.717, 1.165) is 39.0 Å². The molecular formula is C16H25N5O2. The van der Waals surface area contributed by atoms with Gasteiger partial charge in [0.15, 0.2) is 0 Å². The molecule has 7 heteroatoms. The number of aromatic nitrogens is 2. The van der Waals surface area contributed by atoms with Crippen LogP contribution in [-0.2, 0) is 11.8 Å². The standard InChI is InChI=1S/C16H25N5O2/c1-19-9-12(8-15(19)22)10-21-6-3-4-13(11-21)17-16(23)14-5-7-20(2)18-14/h5,7,12-13H,3-4,6,8-11H2,1-2H3,(H,17,23). The second kappa shape index (κ2) is 6.70. The molecule has 0 bridgehead atoms. The number of hydrogen-bond donors (Lipinski definition) is 1. The lowest BCUT2D eigenvalue weighted by Crippen LogP contribution is -2.49. The number of carbonyl (C=O) groups is 2. The molecule has 0 aromatic carbocycles. The number of amides is 2. The number of piperidine rings is 1. The lowest BCUT2D eigenvalue weighted by molar-refractivity contribution is -0.126. The molecule has 7 nitrogen and oxygen atoms in total. The first-order chi connectivity index (χ1) is 11.0. The molecule has 2 unspecified atom stereocenters. The Hall–Kier alpha value is -1.89. The van der Waals surface area contributed by atoms with Crippen LogP contribution < -0.4 is 5.32 Å². The van der Waals surface area contributed by atoms with Crippen LogP contribution in [0.1, 0.15) is 29.8 Å². The monoisotopic (exact) mass is 319 g/mol. The van der Waals surface area contributed by atoms with Gasteiger partial charge in [0.05, 0.1) is 0 Å². The van der Waals surface area contributed by atoms with E-state index >= 15 is 0 Å². The van der Waals surface area contributed by atoms with Gasteiger partial charge in [0.2, 0.25) is 5.91 Å². The minimum absolute atomic E-state index is 0.103. The van der Waals surface area contributed by atoms with E-state index in [0.29, 0.717) is 18.0 Å². The van der Waals surface area contributed by atoms with E-state index < -0.39 is 0 Å². The van der Waals surface area contributed by atoms with Gasteiger partial charge in [-0.25, -0.2) is 0 Å². The minimum atomic E-state index is -0.103. The van der Waals surface area contributed by atoms with Crippen molar-refractivity contribution in [3.63, 3.8) is 0 Å². The van der Waals surface area contributed by atoms with E-state index in [4.69, 9.17) is 0 Å². The summed E-state index contributed by atoms with van der Waals surface area (Å²) < 4.78 is 1.63. The second-order valence-corrected chi connectivity index (χ2v) is 6.79. The molecule has 1 N–H and O–H groups in total. The zero-order chi connectivity index (χ0) is 16.4. The van der Waals surface area contributed by atoms with Crippen LogP contribution in [0.3, 0.4) is 0 Å². The molecule has 2 atom stereocenters. The number of rotatable bonds is 4. The van der Waals surface area contributed by atoms with Crippen LogP contribution >= 0.6 is 0 Å². The molecule has 2 aliphatic heterocycles. The average molecular weight is 319 g/mol. The van der Waals surface area contributed by atoms with Crippen LogP contribution in [-0.4, -0.2) is 70.7 Å². The Kier molecular flexibility index (Phi) is 4.66. The van der Waals surface area contributed by atoms with Gasteiger partial charge in [-0.05, 0) is 31.4 Å². The molecule has 0 spiro atoms. The summed E-state index contributed by atoms with van der Waals surface area (Å²) in [6.07, 6.45) is 4.50. The number of nitrogens with one attached hydrogen (secondary N) is 1. The van der Waals surface area contributed by atoms with Gasteiger partial charge < -0.3 is 15.1 Å². The second-order valence-electron chi connectivity index (χ2n) is 6.79. The van der Waals surface area contributed by atoms with E-state index in [9.17, 15) is 9.59 Å². The summed E-state index contributed by atoms with van der Waals surface area (Å²) in [6.45, 7) is 3.68. The molecule has 2 saturated heterocycles. The molecule has 2 fully saturated rings. The minimum Gasteiger partial charge on any atom is -0.347 e. The smallest absolute Gasteiger partial charge is 0.272 e. The summed E-state index contributed by atoms with van der Waals surface area (Å²) in [6, 6.07) is 1.89. The molecular weight excluding hydrogens is 294 g/mol. The van der Waals surface area contributed by atoms with Crippen LogP contribution in [0.4, 0.5) is 0 Å². The molecule has 3 rings (SSSR count). The Labute approximate surface area is 136 Å². The first kappa shape index (κ1) is 16.0. The van der Waals surface area contributed by atoms with Gasteiger partial charge in [0, 0.05) is 52.4 Å². The third kappa shape index (κ3) is 3.90. The van der Waals surface area contributed by atoms with Crippen molar-refractivity contribution in [1.29, 1.82) is 0 Å². The van der Waals surface area contributed by atoms with Crippen molar-refractivity contribution in [2.75, 3.05) is 33.2 Å². The van der Waals surface area contributed by atoms with Gasteiger partial charge in [-0.2, -0.15) is 5.10 Å². The van der Waals surface area contributed by atoms with Gasteiger partial charge in [-0.15, -0.1) is 0 Å². The van der Waals surface area contributed by atoms with Gasteiger partial charge >= 0.3 is 0 Å². The maximum Gasteiger partial charge on any atom is 0.272 e. The van der Waals surface area contributed by atoms with Crippen molar-refractivity contribution < 1.29 is 9.59 Å². The van der Waals surface area contributed by atoms with Crippen molar-refractivity contribution in [2.24, 2.45) is 13.0 Å². The Bertz CT molecular complexity index is 585. The Morgan fingerprint density at radius 3 is 2.87 bits per heavy atom. The Balaban J connectivity index is 1.50. The fourth-order valence-electron chi connectivity index (χ4n) is 3.58. The fourth-order valence-corrected chi connectivity index (χ4v) is 3.58. The number of aryl methyl sites for hydroxylation is 1. The normalized spacial score (nSPS) is 25.8. The SMILES string of the molecule is CN1CC(CN2CCCC(NC(=O)c3ccn(C)n3)C2)CC1=O. The van der Waals surface area contributed by atoms with E-state index in [1.807, 2.05) is 11.9 Å².